The molecule has 0 aliphatic carbocycles. The molecule has 0 spiro atoms. The van der Waals surface area contributed by atoms with Gasteiger partial charge in [0.15, 0.2) is 12.5 Å². The minimum Gasteiger partial charge on any atom is -0.477 e. The Kier molecular flexibility index (Phi) is 4.35. The van der Waals surface area contributed by atoms with E-state index in [9.17, 15) is 4.79 Å². The van der Waals surface area contributed by atoms with Gasteiger partial charge in [0.05, 0.1) is 24.4 Å². The summed E-state index contributed by atoms with van der Waals surface area (Å²) in [6.45, 7) is 5.59. The minimum atomic E-state index is -0.604. The average Bonchev–Trinajstić information content (AvgIpc) is 3.39. The van der Waals surface area contributed by atoms with Crippen molar-refractivity contribution in [1.82, 2.24) is 4.90 Å². The topological polar surface area (TPSA) is 48.0 Å². The quantitative estimate of drug-likeness (QED) is 0.686. The Bertz CT molecular complexity index is 937. The van der Waals surface area contributed by atoms with Gasteiger partial charge in [0, 0.05) is 11.1 Å². The second-order valence-electron chi connectivity index (χ2n) is 8.87. The van der Waals surface area contributed by atoms with Crippen LogP contribution < -0.4 is 0 Å². The number of rotatable bonds is 2. The van der Waals surface area contributed by atoms with Crippen molar-refractivity contribution < 1.29 is 19.0 Å². The van der Waals surface area contributed by atoms with Gasteiger partial charge < -0.3 is 14.2 Å². The molecule has 0 radical (unpaired) electrons. The Morgan fingerprint density at radius 1 is 0.800 bits per heavy atom. The van der Waals surface area contributed by atoms with Crippen LogP contribution in [-0.4, -0.2) is 29.1 Å². The first-order chi connectivity index (χ1) is 14.4. The molecule has 30 heavy (non-hydrogen) atoms. The van der Waals surface area contributed by atoms with Gasteiger partial charge in [-0.2, -0.15) is 0 Å². The molecule has 0 N–H and O–H groups in total. The van der Waals surface area contributed by atoms with E-state index in [1.165, 1.54) is 0 Å². The molecule has 5 rings (SSSR count). The van der Waals surface area contributed by atoms with E-state index in [4.69, 9.17) is 14.2 Å². The smallest absolute Gasteiger partial charge is 0.416 e. The fourth-order valence-corrected chi connectivity index (χ4v) is 4.59. The second kappa shape index (κ2) is 6.94. The highest BCUT2D eigenvalue weighted by atomic mass is 16.6. The molecule has 154 valence electrons. The van der Waals surface area contributed by atoms with Gasteiger partial charge in [-0.1, -0.05) is 60.7 Å². The third-order valence-corrected chi connectivity index (χ3v) is 5.76. The summed E-state index contributed by atoms with van der Waals surface area (Å²) in [5, 5.41) is 0. The Morgan fingerprint density at radius 2 is 1.23 bits per heavy atom. The fraction of sp³-hybridized carbons (Fsp3) is 0.320. The summed E-state index contributed by atoms with van der Waals surface area (Å²) in [5.74, 6) is -0.0854. The molecule has 0 unspecified atom stereocenters. The van der Waals surface area contributed by atoms with Crippen LogP contribution in [0.15, 0.2) is 73.2 Å². The first kappa shape index (κ1) is 18.8. The molecule has 0 aromatic heterocycles. The molecule has 1 fully saturated rings. The maximum absolute atomic E-state index is 13.1. The van der Waals surface area contributed by atoms with Crippen molar-refractivity contribution >= 4 is 17.2 Å². The molecule has 5 heteroatoms. The van der Waals surface area contributed by atoms with Gasteiger partial charge in [-0.25, -0.2) is 9.69 Å². The molecule has 4 atom stereocenters. The van der Waals surface area contributed by atoms with Crippen molar-refractivity contribution in [2.24, 2.45) is 11.8 Å². The van der Waals surface area contributed by atoms with Crippen molar-refractivity contribution in [3.63, 3.8) is 0 Å². The largest absolute Gasteiger partial charge is 0.477 e. The Balaban J connectivity index is 1.55. The number of carbonyl (C=O) groups excluding carboxylic acids is 1. The van der Waals surface area contributed by atoms with Crippen LogP contribution in [-0.2, 0) is 14.2 Å². The minimum absolute atomic E-state index is 0.0427. The molecule has 3 aliphatic rings. The molecular weight excluding hydrogens is 378 g/mol. The van der Waals surface area contributed by atoms with Crippen LogP contribution in [0, 0.1) is 11.8 Å². The summed E-state index contributed by atoms with van der Waals surface area (Å²) in [5.41, 5.74) is 3.74. The van der Waals surface area contributed by atoms with E-state index in [0.29, 0.717) is 0 Å². The highest BCUT2D eigenvalue weighted by Crippen LogP contribution is 2.55. The van der Waals surface area contributed by atoms with E-state index < -0.39 is 24.2 Å². The summed E-state index contributed by atoms with van der Waals surface area (Å²) >= 11 is 0. The third kappa shape index (κ3) is 3.05. The first-order valence-corrected chi connectivity index (χ1v) is 10.3. The van der Waals surface area contributed by atoms with E-state index in [2.05, 4.69) is 24.3 Å². The Labute approximate surface area is 176 Å². The maximum atomic E-state index is 13.1. The van der Waals surface area contributed by atoms with Crippen molar-refractivity contribution in [2.45, 2.75) is 38.8 Å². The van der Waals surface area contributed by atoms with E-state index in [1.54, 1.807) is 17.4 Å². The zero-order valence-corrected chi connectivity index (χ0v) is 17.3. The predicted molar refractivity (Wildman–Crippen MR) is 114 cm³/mol. The highest BCUT2D eigenvalue weighted by molar-refractivity contribution is 5.80. The van der Waals surface area contributed by atoms with E-state index in [0.717, 1.165) is 22.3 Å². The van der Waals surface area contributed by atoms with Crippen LogP contribution in [0.5, 0.6) is 0 Å². The number of ether oxygens (including phenoxy) is 3. The Hall–Kier alpha value is -3.21. The molecule has 0 bridgehead atoms. The zero-order valence-electron chi connectivity index (χ0n) is 17.3. The lowest BCUT2D eigenvalue weighted by Crippen LogP contribution is -2.45. The highest BCUT2D eigenvalue weighted by Gasteiger charge is 2.61. The maximum Gasteiger partial charge on any atom is 0.416 e. The number of benzene rings is 2. The first-order valence-electron chi connectivity index (χ1n) is 10.3. The molecule has 1 amide bonds. The van der Waals surface area contributed by atoms with Crippen molar-refractivity contribution in [2.75, 3.05) is 0 Å². The zero-order chi connectivity index (χ0) is 20.9. The van der Waals surface area contributed by atoms with Gasteiger partial charge in [0.25, 0.3) is 0 Å². The van der Waals surface area contributed by atoms with Gasteiger partial charge in [-0.3, -0.25) is 0 Å². The van der Waals surface area contributed by atoms with Crippen molar-refractivity contribution in [3.05, 3.63) is 84.3 Å². The summed E-state index contributed by atoms with van der Waals surface area (Å²) in [6, 6.07) is 20.3. The number of nitrogens with zero attached hydrogens (tertiary/aromatic N) is 1. The lowest BCUT2D eigenvalue weighted by atomic mass is 9.79. The summed E-state index contributed by atoms with van der Waals surface area (Å²) in [6.07, 6.45) is 2.24. The number of hydrogen-bond acceptors (Lipinski definition) is 4. The van der Waals surface area contributed by atoms with Gasteiger partial charge in [0.2, 0.25) is 0 Å². The number of hydrogen-bond donors (Lipinski definition) is 0. The standard InChI is InChI=1S/C25H25NO4/c1-25(2,3)30-24(27)26-22-20(18(14-28-22)16-10-6-4-7-11-16)21-19(15-29-23(21)26)17-12-8-5-9-13-17/h4-15,20-23H,1-3H3/t20-,21-,22-,23-/m0/s1. The normalized spacial score (nSPS) is 26.8. The molecule has 2 aromatic rings. The summed E-state index contributed by atoms with van der Waals surface area (Å²) in [7, 11) is 0. The van der Waals surface area contributed by atoms with Crippen LogP contribution in [0.3, 0.4) is 0 Å². The van der Waals surface area contributed by atoms with Crippen LogP contribution in [0.25, 0.3) is 11.1 Å². The van der Waals surface area contributed by atoms with Crippen molar-refractivity contribution in [1.29, 1.82) is 0 Å². The van der Waals surface area contributed by atoms with Crippen LogP contribution >= 0.6 is 0 Å². The molecular formula is C25H25NO4. The van der Waals surface area contributed by atoms with Crippen molar-refractivity contribution in [3.8, 4) is 0 Å². The second-order valence-corrected chi connectivity index (χ2v) is 8.87. The SMILES string of the molecule is CC(C)(C)OC(=O)N1[C@H]2OC=C(c3ccccc3)[C@H]2[C@@H]2C(c3ccccc3)=CO[C@@H]21. The molecule has 2 aromatic carbocycles. The molecule has 1 saturated heterocycles. The van der Waals surface area contributed by atoms with Gasteiger partial charge in [-0.15, -0.1) is 0 Å². The third-order valence-electron chi connectivity index (χ3n) is 5.76. The van der Waals surface area contributed by atoms with E-state index >= 15 is 0 Å². The molecule has 0 saturated carbocycles. The van der Waals surface area contributed by atoms with Gasteiger partial charge in [-0.05, 0) is 31.9 Å². The lowest BCUT2D eigenvalue weighted by Gasteiger charge is -2.30. The predicted octanol–water partition coefficient (Wildman–Crippen LogP) is 5.26. The summed E-state index contributed by atoms with van der Waals surface area (Å²) in [4.78, 5) is 14.8. The summed E-state index contributed by atoms with van der Waals surface area (Å²) < 4.78 is 17.8. The number of fused-ring (bicyclic) bond motifs is 3. The van der Waals surface area contributed by atoms with E-state index in [-0.39, 0.29) is 11.8 Å². The molecule has 3 heterocycles. The van der Waals surface area contributed by atoms with Crippen LogP contribution in [0.4, 0.5) is 4.79 Å². The fourth-order valence-electron chi connectivity index (χ4n) is 4.59. The Morgan fingerprint density at radius 3 is 1.63 bits per heavy atom. The van der Waals surface area contributed by atoms with Crippen LogP contribution in [0.2, 0.25) is 0 Å². The number of carbonyl (C=O) groups is 1. The number of likely N-dealkylation sites (tertiary alicyclic amines) is 1. The number of amides is 1. The van der Waals surface area contributed by atoms with Gasteiger partial charge in [0.1, 0.15) is 5.60 Å². The molecule has 3 aliphatic heterocycles. The molecule has 5 nitrogen and oxygen atoms in total. The van der Waals surface area contributed by atoms with Crippen LogP contribution in [0.1, 0.15) is 31.9 Å². The lowest BCUT2D eigenvalue weighted by molar-refractivity contribution is -0.0706. The average molecular weight is 403 g/mol. The monoisotopic (exact) mass is 403 g/mol. The van der Waals surface area contributed by atoms with E-state index in [1.807, 2.05) is 57.2 Å². The van der Waals surface area contributed by atoms with Gasteiger partial charge >= 0.3 is 6.09 Å².